The third-order valence-corrected chi connectivity index (χ3v) is 5.04. The molecule has 0 saturated heterocycles. The van der Waals surface area contributed by atoms with E-state index in [4.69, 9.17) is 32.7 Å². The maximum atomic E-state index is 12.1. The number of carbonyl (C=O) groups is 1. The number of fused-ring (bicyclic) bond motifs is 1. The zero-order chi connectivity index (χ0) is 20.4. The van der Waals surface area contributed by atoms with E-state index in [9.17, 15) is 4.79 Å². The summed E-state index contributed by atoms with van der Waals surface area (Å²) in [6, 6.07) is 10.7. The van der Waals surface area contributed by atoms with Crippen LogP contribution in [0.1, 0.15) is 30.5 Å². The molecule has 2 heterocycles. The molecule has 3 aromatic rings. The molecule has 9 heteroatoms. The fourth-order valence-electron chi connectivity index (χ4n) is 3.18. The molecule has 7 nitrogen and oxygen atoms in total. The lowest BCUT2D eigenvalue weighted by Crippen LogP contribution is -2.29. The van der Waals surface area contributed by atoms with Gasteiger partial charge in [0, 0.05) is 5.02 Å². The van der Waals surface area contributed by atoms with Gasteiger partial charge in [-0.2, -0.15) is 10.1 Å². The minimum atomic E-state index is -0.330. The van der Waals surface area contributed by atoms with Crippen LogP contribution in [-0.4, -0.2) is 27.3 Å². The van der Waals surface area contributed by atoms with Gasteiger partial charge in [0.05, 0.1) is 24.1 Å². The van der Waals surface area contributed by atoms with Gasteiger partial charge in [0.25, 0.3) is 0 Å². The molecule has 1 aromatic heterocycles. The molecule has 0 aliphatic carbocycles. The normalized spacial score (nSPS) is 15.6. The average molecular weight is 433 g/mol. The first-order chi connectivity index (χ1) is 14.0. The zero-order valence-corrected chi connectivity index (χ0v) is 17.1. The third kappa shape index (κ3) is 4.16. The first kappa shape index (κ1) is 19.5. The van der Waals surface area contributed by atoms with Gasteiger partial charge in [-0.15, -0.1) is 0 Å². The molecule has 0 spiro atoms. The second kappa shape index (κ2) is 8.31. The number of halogens is 2. The molecule has 150 valence electrons. The number of hydrogen-bond acceptors (Lipinski definition) is 5. The third-order valence-electron chi connectivity index (χ3n) is 4.51. The van der Waals surface area contributed by atoms with Crippen molar-refractivity contribution in [1.29, 1.82) is 0 Å². The number of anilines is 1. The highest BCUT2D eigenvalue weighted by molar-refractivity contribution is 6.32. The Balaban J connectivity index is 1.65. The van der Waals surface area contributed by atoms with E-state index in [0.717, 1.165) is 11.1 Å². The molecule has 4 rings (SSSR count). The minimum absolute atomic E-state index is 0.132. The van der Waals surface area contributed by atoms with E-state index < -0.39 is 0 Å². The van der Waals surface area contributed by atoms with Gasteiger partial charge < -0.3 is 9.47 Å². The van der Waals surface area contributed by atoms with Crippen molar-refractivity contribution < 1.29 is 14.3 Å². The lowest BCUT2D eigenvalue weighted by Gasteiger charge is -2.25. The number of rotatable bonds is 6. The van der Waals surface area contributed by atoms with Crippen LogP contribution in [0.15, 0.2) is 42.7 Å². The largest absolute Gasteiger partial charge is 0.490 e. The quantitative estimate of drug-likeness (QED) is 0.620. The predicted molar refractivity (Wildman–Crippen MR) is 110 cm³/mol. The summed E-state index contributed by atoms with van der Waals surface area (Å²) in [5.74, 6) is 1.24. The molecule has 1 amide bonds. The topological polar surface area (TPSA) is 78.3 Å². The Morgan fingerprint density at radius 3 is 2.76 bits per heavy atom. The Hall–Kier alpha value is -2.77. The number of carbonyl (C=O) groups excluding carboxylic acids is 1. The van der Waals surface area contributed by atoms with Crippen molar-refractivity contribution in [2.45, 2.75) is 26.0 Å². The first-order valence-electron chi connectivity index (χ1n) is 9.08. The average Bonchev–Trinajstić information content (AvgIpc) is 3.16. The van der Waals surface area contributed by atoms with Crippen LogP contribution in [0.2, 0.25) is 10.0 Å². The first-order valence-corrected chi connectivity index (χ1v) is 9.83. The number of hydrogen-bond donors (Lipinski definition) is 1. The standard InChI is InChI=1S/C20H18Cl2N4O3/c1-2-28-17-8-13(16-9-18(27)25-20-23-11-24-26(16)20)7-15(22)19(17)29-10-12-3-5-14(21)6-4-12/h3-8,11,16H,2,9-10H2,1H3,(H,23,24,25,27)/t16-/m0/s1. The Morgan fingerprint density at radius 1 is 1.21 bits per heavy atom. The fourth-order valence-corrected chi connectivity index (χ4v) is 3.58. The van der Waals surface area contributed by atoms with Crippen LogP contribution >= 0.6 is 23.2 Å². The van der Waals surface area contributed by atoms with Gasteiger partial charge in [0.1, 0.15) is 12.9 Å². The van der Waals surface area contributed by atoms with Crippen molar-refractivity contribution in [3.8, 4) is 11.5 Å². The van der Waals surface area contributed by atoms with Crippen LogP contribution in [0.3, 0.4) is 0 Å². The molecule has 0 unspecified atom stereocenters. The lowest BCUT2D eigenvalue weighted by molar-refractivity contribution is -0.117. The lowest BCUT2D eigenvalue weighted by atomic mass is 10.0. The number of nitrogens with zero attached hydrogens (tertiary/aromatic N) is 3. The van der Waals surface area contributed by atoms with Crippen molar-refractivity contribution in [2.24, 2.45) is 0 Å². The van der Waals surface area contributed by atoms with Crippen molar-refractivity contribution in [2.75, 3.05) is 11.9 Å². The van der Waals surface area contributed by atoms with Gasteiger partial charge in [-0.25, -0.2) is 4.68 Å². The summed E-state index contributed by atoms with van der Waals surface area (Å²) in [4.78, 5) is 16.1. The van der Waals surface area contributed by atoms with Crippen molar-refractivity contribution >= 4 is 35.1 Å². The fraction of sp³-hybridized carbons (Fsp3) is 0.250. The van der Waals surface area contributed by atoms with Crippen LogP contribution in [0.5, 0.6) is 11.5 Å². The summed E-state index contributed by atoms with van der Waals surface area (Å²) in [6.45, 7) is 2.64. The maximum absolute atomic E-state index is 12.1. The number of ether oxygens (including phenoxy) is 2. The monoisotopic (exact) mass is 432 g/mol. The van der Waals surface area contributed by atoms with Crippen LogP contribution in [-0.2, 0) is 11.4 Å². The van der Waals surface area contributed by atoms with Gasteiger partial charge in [-0.05, 0) is 42.3 Å². The van der Waals surface area contributed by atoms with Gasteiger partial charge in [0.15, 0.2) is 11.5 Å². The molecule has 0 saturated carbocycles. The highest BCUT2D eigenvalue weighted by Crippen LogP contribution is 2.41. The Kier molecular flexibility index (Phi) is 5.60. The van der Waals surface area contributed by atoms with Gasteiger partial charge in [-0.3, -0.25) is 10.1 Å². The number of aromatic nitrogens is 3. The van der Waals surface area contributed by atoms with E-state index in [-0.39, 0.29) is 18.4 Å². The van der Waals surface area contributed by atoms with Crippen LogP contribution < -0.4 is 14.8 Å². The van der Waals surface area contributed by atoms with E-state index in [1.54, 1.807) is 22.9 Å². The van der Waals surface area contributed by atoms with Crippen molar-refractivity contribution in [1.82, 2.24) is 14.8 Å². The van der Waals surface area contributed by atoms with Crippen LogP contribution in [0.25, 0.3) is 0 Å². The van der Waals surface area contributed by atoms with E-state index >= 15 is 0 Å². The smallest absolute Gasteiger partial charge is 0.229 e. The second-order valence-corrected chi connectivity index (χ2v) is 7.32. The molecule has 1 aliphatic heterocycles. The molecule has 0 fully saturated rings. The molecule has 0 bridgehead atoms. The molecule has 2 aromatic carbocycles. The molecule has 1 aliphatic rings. The van der Waals surface area contributed by atoms with Crippen molar-refractivity contribution in [3.63, 3.8) is 0 Å². The summed E-state index contributed by atoms with van der Waals surface area (Å²) in [5, 5.41) is 7.98. The number of amides is 1. The van der Waals surface area contributed by atoms with E-state index in [2.05, 4.69) is 15.4 Å². The summed E-state index contributed by atoms with van der Waals surface area (Å²) in [5.41, 5.74) is 1.74. The number of benzene rings is 2. The summed E-state index contributed by atoms with van der Waals surface area (Å²) < 4.78 is 13.4. The predicted octanol–water partition coefficient (Wildman–Crippen LogP) is 4.49. The van der Waals surface area contributed by atoms with Gasteiger partial charge >= 0.3 is 0 Å². The van der Waals surface area contributed by atoms with Gasteiger partial charge in [-0.1, -0.05) is 35.3 Å². The maximum Gasteiger partial charge on any atom is 0.229 e. The van der Waals surface area contributed by atoms with E-state index in [0.29, 0.717) is 40.7 Å². The SMILES string of the molecule is CCOc1cc([C@@H]2CC(=O)Nc3ncnn32)cc(Cl)c1OCc1ccc(Cl)cc1. The van der Waals surface area contributed by atoms with Crippen LogP contribution in [0, 0.1) is 0 Å². The molecule has 1 N–H and O–H groups in total. The molecule has 0 radical (unpaired) electrons. The summed E-state index contributed by atoms with van der Waals surface area (Å²) in [6.07, 6.45) is 1.63. The zero-order valence-electron chi connectivity index (χ0n) is 15.6. The minimum Gasteiger partial charge on any atom is -0.490 e. The highest BCUT2D eigenvalue weighted by Gasteiger charge is 2.29. The van der Waals surface area contributed by atoms with E-state index in [1.807, 2.05) is 25.1 Å². The summed E-state index contributed by atoms with van der Waals surface area (Å²) >= 11 is 12.5. The number of nitrogens with one attached hydrogen (secondary N) is 1. The second-order valence-electron chi connectivity index (χ2n) is 6.47. The Labute approximate surface area is 177 Å². The Bertz CT molecular complexity index is 1040. The summed E-state index contributed by atoms with van der Waals surface area (Å²) in [7, 11) is 0. The van der Waals surface area contributed by atoms with Crippen molar-refractivity contribution in [3.05, 3.63) is 63.9 Å². The van der Waals surface area contributed by atoms with Crippen LogP contribution in [0.4, 0.5) is 5.95 Å². The molecular weight excluding hydrogens is 415 g/mol. The molecular formula is C20H18Cl2N4O3. The Morgan fingerprint density at radius 2 is 2.00 bits per heavy atom. The van der Waals surface area contributed by atoms with Gasteiger partial charge in [0.2, 0.25) is 11.9 Å². The highest BCUT2D eigenvalue weighted by atomic mass is 35.5. The molecule has 1 atom stereocenters. The van der Waals surface area contributed by atoms with E-state index in [1.165, 1.54) is 6.33 Å². The molecule has 29 heavy (non-hydrogen) atoms.